The maximum atomic E-state index is 11.4. The molecule has 0 spiro atoms. The number of carbonyl (C=O) groups is 1. The summed E-state index contributed by atoms with van der Waals surface area (Å²) in [6.45, 7) is 8.03. The van der Waals surface area contributed by atoms with Crippen molar-refractivity contribution in [2.24, 2.45) is 0 Å². The van der Waals surface area contributed by atoms with E-state index in [0.717, 1.165) is 12.8 Å². The molecule has 0 rings (SSSR count). The zero-order valence-corrected chi connectivity index (χ0v) is 11.5. The van der Waals surface area contributed by atoms with Gasteiger partial charge in [0.15, 0.2) is 0 Å². The zero-order chi connectivity index (χ0) is 10.5. The summed E-state index contributed by atoms with van der Waals surface area (Å²) in [5.41, 5.74) is -0.295. The van der Waals surface area contributed by atoms with Crippen LogP contribution in [0.2, 0.25) is 3.97 Å². The van der Waals surface area contributed by atoms with Crippen LogP contribution >= 0.6 is 0 Å². The second-order valence-electron chi connectivity index (χ2n) is 3.85. The van der Waals surface area contributed by atoms with Crippen molar-refractivity contribution in [1.29, 1.82) is 0 Å². The molecule has 0 aliphatic carbocycles. The van der Waals surface area contributed by atoms with Gasteiger partial charge in [0.1, 0.15) is 0 Å². The van der Waals surface area contributed by atoms with Crippen LogP contribution in [0.3, 0.4) is 0 Å². The van der Waals surface area contributed by atoms with Gasteiger partial charge in [-0.1, -0.05) is 0 Å². The Hall–Kier alpha value is 0.260. The Morgan fingerprint density at radius 3 is 2.38 bits per heavy atom. The molecule has 0 saturated carbocycles. The van der Waals surface area contributed by atoms with Crippen LogP contribution < -0.4 is 0 Å². The molecule has 0 aliphatic heterocycles. The van der Waals surface area contributed by atoms with E-state index in [2.05, 4.69) is 6.92 Å². The average molecular weight is 300 g/mol. The molecular formula is C10H20O2Te. The van der Waals surface area contributed by atoms with Crippen molar-refractivity contribution >= 4 is 28.3 Å². The summed E-state index contributed by atoms with van der Waals surface area (Å²) in [6, 6.07) is 0. The van der Waals surface area contributed by atoms with Gasteiger partial charge in [0.2, 0.25) is 0 Å². The van der Waals surface area contributed by atoms with E-state index in [0.29, 0.717) is 10.4 Å². The molecule has 0 N–H and O–H groups in total. The number of hydrogen-bond donors (Lipinski definition) is 0. The monoisotopic (exact) mass is 302 g/mol. The number of esters is 1. The molecule has 0 heterocycles. The number of ether oxygens (including phenoxy) is 1. The van der Waals surface area contributed by atoms with Gasteiger partial charge >= 0.3 is 94.3 Å². The molecule has 1 unspecified atom stereocenters. The fourth-order valence-electron chi connectivity index (χ4n) is 0.759. The van der Waals surface area contributed by atoms with E-state index >= 15 is 0 Å². The molecule has 0 bridgehead atoms. The fraction of sp³-hybridized carbons (Fsp3) is 0.900. The fourth-order valence-corrected chi connectivity index (χ4v) is 1.18. The normalized spacial score (nSPS) is 13.9. The molecule has 0 aliphatic rings. The molecule has 3 heteroatoms. The van der Waals surface area contributed by atoms with Crippen LogP contribution in [0.25, 0.3) is 0 Å². The summed E-state index contributed by atoms with van der Waals surface area (Å²) in [7, 11) is 0. The van der Waals surface area contributed by atoms with Gasteiger partial charge in [-0.25, -0.2) is 0 Å². The summed E-state index contributed by atoms with van der Waals surface area (Å²) in [6.07, 6.45) is 2.48. The standard InChI is InChI=1S/C10H20O2Te/c1-5-8(13)7-9(11)12-10(3,4)6-2/h8,13H,5-7H2,1-4H3. The number of carbonyl (C=O) groups excluding carboxylic acids is 1. The Bertz CT molecular complexity index is 166. The van der Waals surface area contributed by atoms with Gasteiger partial charge in [0.05, 0.1) is 0 Å². The Kier molecular flexibility index (Phi) is 6.00. The SMILES string of the molecule is CCC([TeH])CC(=O)OC(C)(C)CC. The second-order valence-corrected chi connectivity index (χ2v) is 5.94. The van der Waals surface area contributed by atoms with Crippen LogP contribution in [0.1, 0.15) is 47.0 Å². The van der Waals surface area contributed by atoms with E-state index in [4.69, 9.17) is 4.74 Å². The summed E-state index contributed by atoms with van der Waals surface area (Å²) in [4.78, 5) is 11.4. The quantitative estimate of drug-likeness (QED) is 0.575. The van der Waals surface area contributed by atoms with Gasteiger partial charge in [0, 0.05) is 0 Å². The minimum absolute atomic E-state index is 0.0558. The minimum atomic E-state index is -0.295. The van der Waals surface area contributed by atoms with Crippen LogP contribution in [-0.4, -0.2) is 33.9 Å². The van der Waals surface area contributed by atoms with E-state index in [1.54, 1.807) is 22.3 Å². The summed E-state index contributed by atoms with van der Waals surface area (Å²) < 4.78 is 5.81. The van der Waals surface area contributed by atoms with E-state index in [1.165, 1.54) is 0 Å². The third kappa shape index (κ3) is 6.35. The van der Waals surface area contributed by atoms with E-state index in [-0.39, 0.29) is 11.6 Å². The molecule has 0 amide bonds. The van der Waals surface area contributed by atoms with Crippen molar-refractivity contribution < 1.29 is 9.53 Å². The maximum absolute atomic E-state index is 11.4. The van der Waals surface area contributed by atoms with Gasteiger partial charge in [0.25, 0.3) is 0 Å². The van der Waals surface area contributed by atoms with Crippen LogP contribution in [0.15, 0.2) is 0 Å². The summed E-state index contributed by atoms with van der Waals surface area (Å²) in [5, 5.41) is 0. The zero-order valence-electron chi connectivity index (χ0n) is 8.96. The molecule has 1 atom stereocenters. The van der Waals surface area contributed by atoms with E-state index in [9.17, 15) is 4.79 Å². The van der Waals surface area contributed by atoms with Gasteiger partial charge < -0.3 is 0 Å². The predicted octanol–water partition coefficient (Wildman–Crippen LogP) is 2.21. The molecular weight excluding hydrogens is 280 g/mol. The first-order chi connectivity index (χ1) is 5.91. The van der Waals surface area contributed by atoms with E-state index in [1.807, 2.05) is 20.8 Å². The van der Waals surface area contributed by atoms with Gasteiger partial charge in [-0.2, -0.15) is 0 Å². The summed E-state index contributed by atoms with van der Waals surface area (Å²) in [5.74, 6) is -0.0558. The van der Waals surface area contributed by atoms with Crippen molar-refractivity contribution in [1.82, 2.24) is 0 Å². The van der Waals surface area contributed by atoms with Crippen molar-refractivity contribution in [2.45, 2.75) is 56.5 Å². The first-order valence-electron chi connectivity index (χ1n) is 4.81. The third-order valence-electron chi connectivity index (χ3n) is 2.12. The molecule has 2 nitrogen and oxygen atoms in total. The molecule has 0 aromatic rings. The predicted molar refractivity (Wildman–Crippen MR) is 56.3 cm³/mol. The Morgan fingerprint density at radius 1 is 1.46 bits per heavy atom. The van der Waals surface area contributed by atoms with Crippen LogP contribution in [0, 0.1) is 0 Å². The third-order valence-corrected chi connectivity index (χ3v) is 3.68. The molecule has 0 aromatic carbocycles. The summed E-state index contributed by atoms with van der Waals surface area (Å²) >= 11 is 1.71. The Morgan fingerprint density at radius 2 is 2.00 bits per heavy atom. The molecule has 13 heavy (non-hydrogen) atoms. The van der Waals surface area contributed by atoms with Crippen LogP contribution in [-0.2, 0) is 9.53 Å². The second kappa shape index (κ2) is 5.88. The molecule has 78 valence electrons. The average Bonchev–Trinajstić information content (AvgIpc) is 2.03. The van der Waals surface area contributed by atoms with Crippen molar-refractivity contribution in [3.05, 3.63) is 0 Å². The van der Waals surface area contributed by atoms with Crippen molar-refractivity contribution in [2.75, 3.05) is 0 Å². The van der Waals surface area contributed by atoms with Gasteiger partial charge in [-0.15, -0.1) is 0 Å². The van der Waals surface area contributed by atoms with Crippen molar-refractivity contribution in [3.8, 4) is 0 Å². The van der Waals surface area contributed by atoms with Crippen molar-refractivity contribution in [3.63, 3.8) is 0 Å². The van der Waals surface area contributed by atoms with Gasteiger partial charge in [-0.3, -0.25) is 0 Å². The number of rotatable bonds is 5. The van der Waals surface area contributed by atoms with Crippen LogP contribution in [0.5, 0.6) is 0 Å². The number of hydrogen-bond acceptors (Lipinski definition) is 2. The molecule has 0 radical (unpaired) electrons. The van der Waals surface area contributed by atoms with E-state index < -0.39 is 0 Å². The molecule has 0 aromatic heterocycles. The van der Waals surface area contributed by atoms with Crippen LogP contribution in [0.4, 0.5) is 0 Å². The molecule has 0 fully saturated rings. The first kappa shape index (κ1) is 13.3. The van der Waals surface area contributed by atoms with Gasteiger partial charge in [-0.05, 0) is 0 Å². The molecule has 0 saturated heterocycles. The Balaban J connectivity index is 3.87. The topological polar surface area (TPSA) is 26.3 Å². The first-order valence-corrected chi connectivity index (χ1v) is 6.28. The Labute approximate surface area is 94.3 Å².